The Morgan fingerprint density at radius 2 is 1.93 bits per heavy atom. The Kier molecular flexibility index (Phi) is 5.50. The van der Waals surface area contributed by atoms with E-state index in [1.807, 2.05) is 13.8 Å². The van der Waals surface area contributed by atoms with Gasteiger partial charge in [0, 0.05) is 6.42 Å². The van der Waals surface area contributed by atoms with E-state index >= 15 is 0 Å². The Balaban J connectivity index is 4.11. The topological polar surface area (TPSA) is 17.1 Å². The number of hydrogen-bond donors (Lipinski definition) is 0. The normalized spacial score (nSPS) is 13.5. The summed E-state index contributed by atoms with van der Waals surface area (Å²) in [6, 6.07) is 0. The molecule has 0 amide bonds. The molecule has 0 aliphatic carbocycles. The standard InChI is InChI=1S/C10H15F3O/c1-8(2)4-3-5-9(6-7-14)10(11,12)13/h4,7,9H,3,5-6H2,1-2H3/t9-/m1/s1. The third kappa shape index (κ3) is 5.78. The maximum atomic E-state index is 12.3. The van der Waals surface area contributed by atoms with E-state index in [9.17, 15) is 18.0 Å². The van der Waals surface area contributed by atoms with Gasteiger partial charge in [0.25, 0.3) is 0 Å². The Morgan fingerprint density at radius 3 is 2.29 bits per heavy atom. The highest BCUT2D eigenvalue weighted by molar-refractivity contribution is 5.49. The van der Waals surface area contributed by atoms with Crippen molar-refractivity contribution in [2.45, 2.75) is 39.3 Å². The number of aldehydes is 1. The van der Waals surface area contributed by atoms with Crippen LogP contribution in [0.2, 0.25) is 0 Å². The minimum Gasteiger partial charge on any atom is -0.303 e. The molecule has 14 heavy (non-hydrogen) atoms. The Bertz CT molecular complexity index is 202. The number of alkyl halides is 3. The van der Waals surface area contributed by atoms with Crippen LogP contribution in [0.1, 0.15) is 33.1 Å². The van der Waals surface area contributed by atoms with Crippen molar-refractivity contribution in [2.75, 3.05) is 0 Å². The zero-order valence-corrected chi connectivity index (χ0v) is 8.40. The van der Waals surface area contributed by atoms with Gasteiger partial charge < -0.3 is 4.79 Å². The molecule has 0 rings (SSSR count). The van der Waals surface area contributed by atoms with Gasteiger partial charge in [-0.15, -0.1) is 0 Å². The lowest BCUT2D eigenvalue weighted by atomic mass is 9.99. The van der Waals surface area contributed by atoms with Crippen LogP contribution in [0.4, 0.5) is 13.2 Å². The SMILES string of the molecule is CC(C)=CCC[C@H](CC=O)C(F)(F)F. The molecule has 1 nitrogen and oxygen atoms in total. The lowest BCUT2D eigenvalue weighted by Gasteiger charge is -2.16. The van der Waals surface area contributed by atoms with Gasteiger partial charge in [0.1, 0.15) is 6.29 Å². The molecule has 0 radical (unpaired) electrons. The summed E-state index contributed by atoms with van der Waals surface area (Å²) in [5.74, 6) is -1.49. The molecular formula is C10H15F3O. The van der Waals surface area contributed by atoms with Crippen molar-refractivity contribution in [3.8, 4) is 0 Å². The van der Waals surface area contributed by atoms with Gasteiger partial charge in [-0.3, -0.25) is 0 Å². The second kappa shape index (κ2) is 5.83. The van der Waals surface area contributed by atoms with E-state index in [-0.39, 0.29) is 6.42 Å². The molecule has 0 N–H and O–H groups in total. The fraction of sp³-hybridized carbons (Fsp3) is 0.700. The van der Waals surface area contributed by atoms with Crippen LogP contribution in [0, 0.1) is 5.92 Å². The molecule has 0 aromatic carbocycles. The minimum atomic E-state index is -4.25. The molecule has 4 heteroatoms. The number of carbonyl (C=O) groups excluding carboxylic acids is 1. The molecule has 0 aliphatic rings. The quantitative estimate of drug-likeness (QED) is 0.499. The molecule has 0 aliphatic heterocycles. The predicted octanol–water partition coefficient (Wildman–Crippen LogP) is 3.50. The lowest BCUT2D eigenvalue weighted by Crippen LogP contribution is -2.23. The smallest absolute Gasteiger partial charge is 0.303 e. The van der Waals surface area contributed by atoms with Gasteiger partial charge in [-0.2, -0.15) is 13.2 Å². The van der Waals surface area contributed by atoms with E-state index in [0.717, 1.165) is 5.57 Å². The van der Waals surface area contributed by atoms with Crippen LogP contribution in [0.15, 0.2) is 11.6 Å². The highest BCUT2D eigenvalue weighted by Gasteiger charge is 2.38. The maximum Gasteiger partial charge on any atom is 0.392 e. The Labute approximate surface area is 82.0 Å². The molecule has 1 atom stereocenters. The van der Waals surface area contributed by atoms with Crippen LogP contribution in [-0.2, 0) is 4.79 Å². The molecule has 0 saturated heterocycles. The molecule has 0 spiro atoms. The van der Waals surface area contributed by atoms with Crippen LogP contribution in [-0.4, -0.2) is 12.5 Å². The van der Waals surface area contributed by atoms with E-state index in [4.69, 9.17) is 0 Å². The fourth-order valence-corrected chi connectivity index (χ4v) is 1.10. The van der Waals surface area contributed by atoms with Crippen LogP contribution in [0.25, 0.3) is 0 Å². The first-order valence-electron chi connectivity index (χ1n) is 4.51. The highest BCUT2D eigenvalue weighted by Crippen LogP contribution is 2.31. The first kappa shape index (κ1) is 13.2. The summed E-state index contributed by atoms with van der Waals surface area (Å²) in [5, 5.41) is 0. The number of allylic oxidation sites excluding steroid dienone is 2. The predicted molar refractivity (Wildman–Crippen MR) is 48.9 cm³/mol. The van der Waals surface area contributed by atoms with E-state index in [0.29, 0.717) is 12.7 Å². The first-order valence-corrected chi connectivity index (χ1v) is 4.51. The molecule has 0 aromatic rings. The summed E-state index contributed by atoms with van der Waals surface area (Å²) in [4.78, 5) is 10.0. The third-order valence-electron chi connectivity index (χ3n) is 1.91. The molecular weight excluding hydrogens is 193 g/mol. The third-order valence-corrected chi connectivity index (χ3v) is 1.91. The molecule has 0 bridgehead atoms. The van der Waals surface area contributed by atoms with Crippen molar-refractivity contribution in [2.24, 2.45) is 5.92 Å². The molecule has 0 fully saturated rings. The summed E-state index contributed by atoms with van der Waals surface area (Å²) in [6.45, 7) is 3.67. The number of carbonyl (C=O) groups is 1. The first-order chi connectivity index (χ1) is 6.38. The van der Waals surface area contributed by atoms with Crippen molar-refractivity contribution in [1.82, 2.24) is 0 Å². The average Bonchev–Trinajstić information content (AvgIpc) is 2.00. The monoisotopic (exact) mass is 208 g/mol. The van der Waals surface area contributed by atoms with E-state index in [2.05, 4.69) is 0 Å². The van der Waals surface area contributed by atoms with Crippen LogP contribution >= 0.6 is 0 Å². The Morgan fingerprint density at radius 1 is 1.36 bits per heavy atom. The summed E-state index contributed by atoms with van der Waals surface area (Å²) < 4.78 is 36.8. The largest absolute Gasteiger partial charge is 0.392 e. The van der Waals surface area contributed by atoms with Gasteiger partial charge in [0.05, 0.1) is 5.92 Å². The fourth-order valence-electron chi connectivity index (χ4n) is 1.10. The van der Waals surface area contributed by atoms with Gasteiger partial charge in [-0.25, -0.2) is 0 Å². The average molecular weight is 208 g/mol. The molecule has 0 saturated carbocycles. The minimum absolute atomic E-state index is 0.00653. The van der Waals surface area contributed by atoms with Gasteiger partial charge in [0.2, 0.25) is 0 Å². The van der Waals surface area contributed by atoms with Crippen molar-refractivity contribution >= 4 is 6.29 Å². The molecule has 0 unspecified atom stereocenters. The summed E-state index contributed by atoms with van der Waals surface area (Å²) >= 11 is 0. The van der Waals surface area contributed by atoms with E-state index in [1.54, 1.807) is 6.08 Å². The maximum absolute atomic E-state index is 12.3. The van der Waals surface area contributed by atoms with Crippen molar-refractivity contribution in [3.05, 3.63) is 11.6 Å². The number of halogens is 3. The second-order valence-electron chi connectivity index (χ2n) is 3.50. The van der Waals surface area contributed by atoms with Crippen LogP contribution in [0.5, 0.6) is 0 Å². The molecule has 0 heterocycles. The van der Waals surface area contributed by atoms with E-state index in [1.165, 1.54) is 0 Å². The summed E-state index contributed by atoms with van der Waals surface area (Å²) in [5.41, 5.74) is 0.997. The van der Waals surface area contributed by atoms with Crippen molar-refractivity contribution < 1.29 is 18.0 Å². The summed E-state index contributed by atoms with van der Waals surface area (Å²) in [6.07, 6.45) is -2.23. The highest BCUT2D eigenvalue weighted by atomic mass is 19.4. The number of rotatable bonds is 5. The second-order valence-corrected chi connectivity index (χ2v) is 3.50. The van der Waals surface area contributed by atoms with E-state index < -0.39 is 18.5 Å². The molecule has 82 valence electrons. The van der Waals surface area contributed by atoms with Crippen LogP contribution in [0.3, 0.4) is 0 Å². The van der Waals surface area contributed by atoms with Gasteiger partial charge in [-0.05, 0) is 26.7 Å². The van der Waals surface area contributed by atoms with Crippen molar-refractivity contribution in [3.63, 3.8) is 0 Å². The zero-order chi connectivity index (χ0) is 11.2. The Hall–Kier alpha value is -0.800. The van der Waals surface area contributed by atoms with Crippen molar-refractivity contribution in [1.29, 1.82) is 0 Å². The van der Waals surface area contributed by atoms with Gasteiger partial charge in [0.15, 0.2) is 0 Å². The van der Waals surface area contributed by atoms with Gasteiger partial charge >= 0.3 is 6.18 Å². The molecule has 0 aromatic heterocycles. The lowest BCUT2D eigenvalue weighted by molar-refractivity contribution is -0.178. The number of hydrogen-bond acceptors (Lipinski definition) is 1. The van der Waals surface area contributed by atoms with Crippen LogP contribution < -0.4 is 0 Å². The summed E-state index contributed by atoms with van der Waals surface area (Å²) in [7, 11) is 0. The zero-order valence-electron chi connectivity index (χ0n) is 8.40. The van der Waals surface area contributed by atoms with Gasteiger partial charge in [-0.1, -0.05) is 11.6 Å².